The number of ether oxygens (including phenoxy) is 1. The molecular weight excluding hydrogens is 186 g/mol. The lowest BCUT2D eigenvalue weighted by Gasteiger charge is -2.09. The molecule has 0 aliphatic heterocycles. The first-order valence-corrected chi connectivity index (χ1v) is 4.09. The van der Waals surface area contributed by atoms with Crippen LogP contribution in [0.1, 0.15) is 17.3 Å². The topological polar surface area (TPSA) is 79.7 Å². The van der Waals surface area contributed by atoms with Crippen LogP contribution < -0.4 is 4.74 Å². The maximum Gasteiger partial charge on any atom is 0.339 e. The molecule has 76 valence electrons. The Labute approximate surface area is 81.0 Å². The summed E-state index contributed by atoms with van der Waals surface area (Å²) < 4.78 is 5.07. The summed E-state index contributed by atoms with van der Waals surface area (Å²) in [6, 6.07) is 1.35. The minimum Gasteiger partial charge on any atom is -0.488 e. The number of nitrogens with zero attached hydrogens (tertiary/aromatic N) is 1. The molecule has 0 aliphatic carbocycles. The Morgan fingerprint density at radius 2 is 2.43 bits per heavy atom. The molecule has 0 aliphatic rings. The second-order valence-corrected chi connectivity index (χ2v) is 2.84. The molecule has 0 amide bonds. The number of aromatic nitrogens is 1. The lowest BCUT2D eigenvalue weighted by atomic mass is 10.2. The van der Waals surface area contributed by atoms with Gasteiger partial charge in [0.05, 0.1) is 12.3 Å². The van der Waals surface area contributed by atoms with Crippen LogP contribution in [-0.4, -0.2) is 33.9 Å². The van der Waals surface area contributed by atoms with E-state index in [1.165, 1.54) is 18.5 Å². The Bertz CT molecular complexity index is 324. The summed E-state index contributed by atoms with van der Waals surface area (Å²) in [6.07, 6.45) is 2.04. The van der Waals surface area contributed by atoms with Crippen molar-refractivity contribution in [3.63, 3.8) is 0 Å². The lowest BCUT2D eigenvalue weighted by Crippen LogP contribution is -2.14. The third kappa shape index (κ3) is 2.70. The van der Waals surface area contributed by atoms with Crippen LogP contribution in [0.2, 0.25) is 0 Å². The fourth-order valence-electron chi connectivity index (χ4n) is 0.882. The van der Waals surface area contributed by atoms with E-state index in [-0.39, 0.29) is 17.9 Å². The molecule has 2 N–H and O–H groups in total. The molecule has 1 atom stereocenters. The Morgan fingerprint density at radius 1 is 1.71 bits per heavy atom. The van der Waals surface area contributed by atoms with Crippen LogP contribution in [-0.2, 0) is 0 Å². The summed E-state index contributed by atoms with van der Waals surface area (Å²) in [5.74, 6) is -0.908. The fraction of sp³-hybridized carbons (Fsp3) is 0.333. The molecule has 0 saturated heterocycles. The van der Waals surface area contributed by atoms with Crippen molar-refractivity contribution >= 4 is 5.97 Å². The minimum atomic E-state index is -1.08. The van der Waals surface area contributed by atoms with Gasteiger partial charge in [0.1, 0.15) is 12.2 Å². The highest BCUT2D eigenvalue weighted by Crippen LogP contribution is 2.16. The van der Waals surface area contributed by atoms with Gasteiger partial charge in [0.15, 0.2) is 5.75 Å². The average Bonchev–Trinajstić information content (AvgIpc) is 2.15. The molecule has 0 saturated carbocycles. The zero-order valence-corrected chi connectivity index (χ0v) is 7.67. The number of aromatic carboxylic acids is 1. The third-order valence-electron chi connectivity index (χ3n) is 1.49. The van der Waals surface area contributed by atoms with E-state index in [0.717, 1.165) is 0 Å². The van der Waals surface area contributed by atoms with E-state index in [0.29, 0.717) is 0 Å². The molecule has 0 radical (unpaired) electrons. The van der Waals surface area contributed by atoms with Crippen molar-refractivity contribution in [3.8, 4) is 5.75 Å². The summed E-state index contributed by atoms with van der Waals surface area (Å²) in [4.78, 5) is 14.4. The Hall–Kier alpha value is -1.62. The van der Waals surface area contributed by atoms with Crippen LogP contribution in [0.5, 0.6) is 5.75 Å². The van der Waals surface area contributed by atoms with Crippen LogP contribution >= 0.6 is 0 Å². The number of carbonyl (C=O) groups is 1. The highest BCUT2D eigenvalue weighted by Gasteiger charge is 2.11. The van der Waals surface area contributed by atoms with E-state index in [1.807, 2.05) is 0 Å². The molecule has 5 nitrogen and oxygen atoms in total. The molecule has 1 unspecified atom stereocenters. The Balaban J connectivity index is 2.79. The number of rotatable bonds is 4. The SMILES string of the molecule is CC(O)COc1cnccc1C(=O)O. The maximum atomic E-state index is 10.7. The maximum absolute atomic E-state index is 10.7. The number of carboxylic acids is 1. The van der Waals surface area contributed by atoms with Crippen molar-refractivity contribution in [1.82, 2.24) is 4.98 Å². The van der Waals surface area contributed by atoms with Crippen molar-refractivity contribution in [2.75, 3.05) is 6.61 Å². The third-order valence-corrected chi connectivity index (χ3v) is 1.49. The van der Waals surface area contributed by atoms with Crippen molar-refractivity contribution in [3.05, 3.63) is 24.0 Å². The van der Waals surface area contributed by atoms with Crippen LogP contribution in [0.3, 0.4) is 0 Å². The summed E-state index contributed by atoms with van der Waals surface area (Å²) in [5.41, 5.74) is 0.0423. The fourth-order valence-corrected chi connectivity index (χ4v) is 0.882. The summed E-state index contributed by atoms with van der Waals surface area (Å²) >= 11 is 0. The van der Waals surface area contributed by atoms with Crippen molar-refractivity contribution < 1.29 is 19.7 Å². The van der Waals surface area contributed by atoms with Crippen molar-refractivity contribution in [1.29, 1.82) is 0 Å². The first kappa shape index (κ1) is 10.5. The second-order valence-electron chi connectivity index (χ2n) is 2.84. The number of aliphatic hydroxyl groups excluding tert-OH is 1. The van der Waals surface area contributed by atoms with Gasteiger partial charge in [-0.3, -0.25) is 4.98 Å². The Morgan fingerprint density at radius 3 is 3.00 bits per heavy atom. The van der Waals surface area contributed by atoms with E-state index in [4.69, 9.17) is 14.9 Å². The van der Waals surface area contributed by atoms with Gasteiger partial charge in [-0.05, 0) is 13.0 Å². The van der Waals surface area contributed by atoms with Crippen molar-refractivity contribution in [2.45, 2.75) is 13.0 Å². The van der Waals surface area contributed by atoms with E-state index in [2.05, 4.69) is 4.98 Å². The van der Waals surface area contributed by atoms with Gasteiger partial charge in [-0.1, -0.05) is 0 Å². The number of hydrogen-bond acceptors (Lipinski definition) is 4. The lowest BCUT2D eigenvalue weighted by molar-refractivity contribution is 0.0685. The number of hydrogen-bond donors (Lipinski definition) is 2. The van der Waals surface area contributed by atoms with Crippen LogP contribution in [0.4, 0.5) is 0 Å². The summed E-state index contributed by atoms with van der Waals surface area (Å²) in [5, 5.41) is 17.7. The molecule has 1 aromatic heterocycles. The normalized spacial score (nSPS) is 12.1. The molecule has 14 heavy (non-hydrogen) atoms. The van der Waals surface area contributed by atoms with Gasteiger partial charge in [0.2, 0.25) is 0 Å². The van der Waals surface area contributed by atoms with Gasteiger partial charge in [-0.15, -0.1) is 0 Å². The Kier molecular flexibility index (Phi) is 3.41. The highest BCUT2D eigenvalue weighted by atomic mass is 16.5. The van der Waals surface area contributed by atoms with E-state index >= 15 is 0 Å². The summed E-state index contributed by atoms with van der Waals surface area (Å²) in [6.45, 7) is 1.60. The number of carboxylic acid groups (broad SMARTS) is 1. The minimum absolute atomic E-state index is 0.0423. The number of aliphatic hydroxyl groups is 1. The van der Waals surface area contributed by atoms with Gasteiger partial charge < -0.3 is 14.9 Å². The van der Waals surface area contributed by atoms with Gasteiger partial charge in [0, 0.05) is 6.20 Å². The smallest absolute Gasteiger partial charge is 0.339 e. The average molecular weight is 197 g/mol. The zero-order chi connectivity index (χ0) is 10.6. The molecule has 0 spiro atoms. The van der Waals surface area contributed by atoms with Gasteiger partial charge in [-0.2, -0.15) is 0 Å². The molecule has 5 heteroatoms. The molecule has 0 fully saturated rings. The molecule has 0 aromatic carbocycles. The van der Waals surface area contributed by atoms with Gasteiger partial charge >= 0.3 is 5.97 Å². The monoisotopic (exact) mass is 197 g/mol. The van der Waals surface area contributed by atoms with E-state index in [1.54, 1.807) is 6.92 Å². The van der Waals surface area contributed by atoms with Gasteiger partial charge in [-0.25, -0.2) is 4.79 Å². The van der Waals surface area contributed by atoms with E-state index < -0.39 is 12.1 Å². The number of pyridine rings is 1. The predicted molar refractivity (Wildman–Crippen MR) is 48.4 cm³/mol. The van der Waals surface area contributed by atoms with Crippen LogP contribution in [0.15, 0.2) is 18.5 Å². The van der Waals surface area contributed by atoms with Crippen LogP contribution in [0.25, 0.3) is 0 Å². The predicted octanol–water partition coefficient (Wildman–Crippen LogP) is 0.539. The van der Waals surface area contributed by atoms with Crippen molar-refractivity contribution in [2.24, 2.45) is 0 Å². The van der Waals surface area contributed by atoms with Gasteiger partial charge in [0.25, 0.3) is 0 Å². The molecule has 1 aromatic rings. The quantitative estimate of drug-likeness (QED) is 0.736. The van der Waals surface area contributed by atoms with E-state index in [9.17, 15) is 4.79 Å². The molecule has 1 rings (SSSR count). The van der Waals surface area contributed by atoms with Crippen LogP contribution in [0, 0.1) is 0 Å². The standard InChI is InChI=1S/C9H11NO4/c1-6(11)5-14-8-4-10-3-2-7(8)9(12)13/h2-4,6,11H,5H2,1H3,(H,12,13). The zero-order valence-electron chi connectivity index (χ0n) is 7.67. The second kappa shape index (κ2) is 4.57. The first-order chi connectivity index (χ1) is 6.61. The first-order valence-electron chi connectivity index (χ1n) is 4.09. The largest absolute Gasteiger partial charge is 0.488 e. The molecular formula is C9H11NO4. The molecule has 1 heterocycles. The highest BCUT2D eigenvalue weighted by molar-refractivity contribution is 5.90. The molecule has 0 bridgehead atoms. The summed E-state index contributed by atoms with van der Waals surface area (Å²) in [7, 11) is 0.